The number of aromatic nitrogens is 1. The number of hydrogen-bond donors (Lipinski definition) is 1. The largest absolute Gasteiger partial charge is 0.327 e. The number of nitrogens with one attached hydrogen (secondary N) is 1. The molecule has 8 heteroatoms. The summed E-state index contributed by atoms with van der Waals surface area (Å²) in [4.78, 5) is 32.0. The van der Waals surface area contributed by atoms with Crippen molar-refractivity contribution in [1.82, 2.24) is 9.88 Å². The molecular formula is C16H15Cl2N3O2S. The number of likely N-dealkylation sites (tertiary alicyclic amines) is 1. The Labute approximate surface area is 153 Å². The molecule has 0 bridgehead atoms. The van der Waals surface area contributed by atoms with Gasteiger partial charge in [0.2, 0.25) is 5.91 Å². The smallest absolute Gasteiger partial charge is 0.256 e. The van der Waals surface area contributed by atoms with Gasteiger partial charge in [-0.05, 0) is 38.0 Å². The van der Waals surface area contributed by atoms with Crippen LogP contribution in [0.3, 0.4) is 0 Å². The van der Waals surface area contributed by atoms with Gasteiger partial charge in [0.25, 0.3) is 5.91 Å². The monoisotopic (exact) mass is 383 g/mol. The minimum atomic E-state index is -0.531. The second kappa shape index (κ2) is 7.09. The molecule has 0 saturated carbocycles. The Morgan fingerprint density at radius 1 is 1.38 bits per heavy atom. The fourth-order valence-corrected chi connectivity index (χ4v) is 3.74. The van der Waals surface area contributed by atoms with E-state index in [1.165, 1.54) is 17.4 Å². The zero-order valence-corrected chi connectivity index (χ0v) is 15.2. The van der Waals surface area contributed by atoms with Crippen molar-refractivity contribution in [3.8, 4) is 0 Å². The van der Waals surface area contributed by atoms with E-state index in [1.54, 1.807) is 23.2 Å². The molecule has 5 nitrogen and oxygen atoms in total. The minimum absolute atomic E-state index is 0.228. The average molecular weight is 384 g/mol. The number of halogens is 2. The highest BCUT2D eigenvalue weighted by Crippen LogP contribution is 2.27. The molecule has 2 heterocycles. The van der Waals surface area contributed by atoms with Crippen LogP contribution < -0.4 is 5.32 Å². The van der Waals surface area contributed by atoms with E-state index in [9.17, 15) is 9.59 Å². The first-order valence-electron chi connectivity index (χ1n) is 7.45. The van der Waals surface area contributed by atoms with Crippen molar-refractivity contribution in [2.45, 2.75) is 25.8 Å². The summed E-state index contributed by atoms with van der Waals surface area (Å²) in [5.41, 5.74) is 0.314. The molecular weight excluding hydrogens is 369 g/mol. The predicted octanol–water partition coefficient (Wildman–Crippen LogP) is 4.00. The zero-order valence-electron chi connectivity index (χ0n) is 12.9. The first kappa shape index (κ1) is 17.2. The van der Waals surface area contributed by atoms with Gasteiger partial charge >= 0.3 is 0 Å². The van der Waals surface area contributed by atoms with Crippen LogP contribution in [0.15, 0.2) is 24.4 Å². The maximum absolute atomic E-state index is 12.8. The lowest BCUT2D eigenvalue weighted by molar-refractivity contribution is -0.119. The lowest BCUT2D eigenvalue weighted by Gasteiger charge is -2.24. The molecule has 1 aromatic carbocycles. The number of aryl methyl sites for hydroxylation is 1. The number of carbonyl (C=O) groups excluding carboxylic acids is 2. The Hall–Kier alpha value is -1.63. The molecule has 1 aliphatic rings. The SMILES string of the molecule is Cc1cnc(NC(=O)[C@@H]2CCCN2C(=O)c2cc(Cl)ccc2Cl)s1. The van der Waals surface area contributed by atoms with Gasteiger partial charge in [-0.3, -0.25) is 9.59 Å². The number of amides is 2. The van der Waals surface area contributed by atoms with Crippen molar-refractivity contribution in [2.75, 3.05) is 11.9 Å². The minimum Gasteiger partial charge on any atom is -0.327 e. The van der Waals surface area contributed by atoms with Crippen LogP contribution in [0.4, 0.5) is 5.13 Å². The van der Waals surface area contributed by atoms with Crippen molar-refractivity contribution < 1.29 is 9.59 Å². The Morgan fingerprint density at radius 3 is 2.88 bits per heavy atom. The van der Waals surface area contributed by atoms with Gasteiger partial charge in [-0.15, -0.1) is 11.3 Å². The molecule has 0 radical (unpaired) electrons. The molecule has 0 unspecified atom stereocenters. The fourth-order valence-electron chi connectivity index (χ4n) is 2.70. The van der Waals surface area contributed by atoms with E-state index in [1.807, 2.05) is 6.92 Å². The van der Waals surface area contributed by atoms with E-state index < -0.39 is 6.04 Å². The van der Waals surface area contributed by atoms with Crippen LogP contribution in [-0.2, 0) is 4.79 Å². The average Bonchev–Trinajstić information content (AvgIpc) is 3.18. The second-order valence-electron chi connectivity index (χ2n) is 5.55. The second-order valence-corrected chi connectivity index (χ2v) is 7.62. The molecule has 2 aromatic rings. The topological polar surface area (TPSA) is 62.3 Å². The van der Waals surface area contributed by atoms with E-state index in [2.05, 4.69) is 10.3 Å². The number of hydrogen-bond acceptors (Lipinski definition) is 4. The quantitative estimate of drug-likeness (QED) is 0.870. The summed E-state index contributed by atoms with van der Waals surface area (Å²) in [6.07, 6.45) is 3.07. The lowest BCUT2D eigenvalue weighted by atomic mass is 10.1. The standard InChI is InChI=1S/C16H15Cl2N3O2S/c1-9-8-19-16(24-9)20-14(22)13-3-2-6-21(13)15(23)11-7-10(17)4-5-12(11)18/h4-5,7-8,13H,2-3,6H2,1H3,(H,19,20,22)/t13-/m0/s1. The molecule has 2 amide bonds. The third-order valence-electron chi connectivity index (χ3n) is 3.83. The number of benzene rings is 1. The summed E-state index contributed by atoms with van der Waals surface area (Å²) in [6, 6.07) is 4.21. The van der Waals surface area contributed by atoms with Gasteiger partial charge in [0.15, 0.2) is 5.13 Å². The third-order valence-corrected chi connectivity index (χ3v) is 5.22. The molecule has 126 valence electrons. The molecule has 1 N–H and O–H groups in total. The Kier molecular flexibility index (Phi) is 5.08. The van der Waals surface area contributed by atoms with Gasteiger partial charge in [0, 0.05) is 22.6 Å². The van der Waals surface area contributed by atoms with Crippen LogP contribution in [0.2, 0.25) is 10.0 Å². The van der Waals surface area contributed by atoms with Gasteiger partial charge in [-0.25, -0.2) is 4.98 Å². The van der Waals surface area contributed by atoms with Gasteiger partial charge in [0.1, 0.15) is 6.04 Å². The summed E-state index contributed by atoms with van der Waals surface area (Å²) in [6.45, 7) is 2.43. The van der Waals surface area contributed by atoms with Crippen molar-refractivity contribution in [2.24, 2.45) is 0 Å². The van der Waals surface area contributed by atoms with Gasteiger partial charge in [-0.1, -0.05) is 23.2 Å². The summed E-state index contributed by atoms with van der Waals surface area (Å²) >= 11 is 13.5. The van der Waals surface area contributed by atoms with Crippen LogP contribution in [0.1, 0.15) is 28.1 Å². The molecule has 3 rings (SSSR count). The number of carbonyl (C=O) groups is 2. The Balaban J connectivity index is 1.78. The van der Waals surface area contributed by atoms with Crippen LogP contribution >= 0.6 is 34.5 Å². The van der Waals surface area contributed by atoms with E-state index in [0.717, 1.165) is 11.3 Å². The Bertz CT molecular complexity index is 793. The van der Waals surface area contributed by atoms with Crippen LogP contribution in [0.25, 0.3) is 0 Å². The van der Waals surface area contributed by atoms with Crippen molar-refractivity contribution >= 4 is 51.5 Å². The third kappa shape index (κ3) is 3.55. The number of thiazole rings is 1. The summed E-state index contributed by atoms with van der Waals surface area (Å²) in [5.74, 6) is -0.510. The first-order chi connectivity index (χ1) is 11.5. The molecule has 1 atom stereocenters. The van der Waals surface area contributed by atoms with Crippen LogP contribution in [0, 0.1) is 6.92 Å². The summed E-state index contributed by atoms with van der Waals surface area (Å²) < 4.78 is 0. The summed E-state index contributed by atoms with van der Waals surface area (Å²) in [5, 5.41) is 4.08. The highest BCUT2D eigenvalue weighted by Gasteiger charge is 2.35. The lowest BCUT2D eigenvalue weighted by Crippen LogP contribution is -2.43. The van der Waals surface area contributed by atoms with Crippen LogP contribution in [-0.4, -0.2) is 34.3 Å². The molecule has 0 spiro atoms. The van der Waals surface area contributed by atoms with Gasteiger partial charge in [-0.2, -0.15) is 0 Å². The molecule has 1 aromatic heterocycles. The number of nitrogens with zero attached hydrogens (tertiary/aromatic N) is 2. The normalized spacial score (nSPS) is 17.1. The maximum Gasteiger partial charge on any atom is 0.256 e. The van der Waals surface area contributed by atoms with Crippen molar-refractivity contribution in [3.63, 3.8) is 0 Å². The predicted molar refractivity (Wildman–Crippen MR) is 96.0 cm³/mol. The van der Waals surface area contributed by atoms with Gasteiger partial charge in [0.05, 0.1) is 10.6 Å². The van der Waals surface area contributed by atoms with Crippen molar-refractivity contribution in [1.29, 1.82) is 0 Å². The highest BCUT2D eigenvalue weighted by molar-refractivity contribution is 7.15. The van der Waals surface area contributed by atoms with E-state index in [4.69, 9.17) is 23.2 Å². The highest BCUT2D eigenvalue weighted by atomic mass is 35.5. The van der Waals surface area contributed by atoms with Crippen molar-refractivity contribution in [3.05, 3.63) is 44.9 Å². The molecule has 24 heavy (non-hydrogen) atoms. The first-order valence-corrected chi connectivity index (χ1v) is 9.02. The van der Waals surface area contributed by atoms with E-state index in [0.29, 0.717) is 33.7 Å². The number of rotatable bonds is 3. The van der Waals surface area contributed by atoms with E-state index in [-0.39, 0.29) is 11.8 Å². The molecule has 1 fully saturated rings. The fraction of sp³-hybridized carbons (Fsp3) is 0.312. The van der Waals surface area contributed by atoms with Crippen LogP contribution in [0.5, 0.6) is 0 Å². The molecule has 1 aliphatic heterocycles. The van der Waals surface area contributed by atoms with Gasteiger partial charge < -0.3 is 10.2 Å². The Morgan fingerprint density at radius 2 is 2.17 bits per heavy atom. The number of anilines is 1. The summed E-state index contributed by atoms with van der Waals surface area (Å²) in [7, 11) is 0. The maximum atomic E-state index is 12.8. The van der Waals surface area contributed by atoms with E-state index >= 15 is 0 Å². The molecule has 1 saturated heterocycles. The zero-order chi connectivity index (χ0) is 17.3. The molecule has 0 aliphatic carbocycles.